The van der Waals surface area contributed by atoms with Crippen LogP contribution in [0.5, 0.6) is 0 Å². The summed E-state index contributed by atoms with van der Waals surface area (Å²) in [4.78, 5) is 13.8. The maximum Gasteiger partial charge on any atom is 0.410 e. The predicted molar refractivity (Wildman–Crippen MR) is 70.3 cm³/mol. The standard InChI is InChI=1S/C14H20N2O2/c1-2-13-10-15-8-9-16(13)14(17)18-11-12-6-4-3-5-7-12/h3-7,13,15H,2,8-11H2,1H3. The number of hydrogen-bond donors (Lipinski definition) is 1. The van der Waals surface area contributed by atoms with E-state index in [9.17, 15) is 4.79 Å². The van der Waals surface area contributed by atoms with Crippen LogP contribution in [0, 0.1) is 0 Å². The summed E-state index contributed by atoms with van der Waals surface area (Å²) >= 11 is 0. The van der Waals surface area contributed by atoms with Crippen LogP contribution in [0.4, 0.5) is 4.79 Å². The number of amides is 1. The van der Waals surface area contributed by atoms with E-state index in [4.69, 9.17) is 4.74 Å². The third-order valence-corrected chi connectivity index (χ3v) is 3.26. The zero-order valence-corrected chi connectivity index (χ0v) is 10.8. The van der Waals surface area contributed by atoms with Gasteiger partial charge >= 0.3 is 6.09 Å². The summed E-state index contributed by atoms with van der Waals surface area (Å²) in [5.74, 6) is 0. The van der Waals surface area contributed by atoms with Crippen LogP contribution in [0.2, 0.25) is 0 Å². The minimum atomic E-state index is -0.202. The lowest BCUT2D eigenvalue weighted by Gasteiger charge is -2.34. The normalized spacial score (nSPS) is 19.6. The van der Waals surface area contributed by atoms with Crippen molar-refractivity contribution in [1.82, 2.24) is 10.2 Å². The van der Waals surface area contributed by atoms with Crippen LogP contribution in [0.3, 0.4) is 0 Å². The zero-order valence-electron chi connectivity index (χ0n) is 10.8. The molecule has 1 aromatic carbocycles. The van der Waals surface area contributed by atoms with E-state index in [1.54, 1.807) is 0 Å². The molecule has 1 aliphatic heterocycles. The number of carbonyl (C=O) groups is 1. The van der Waals surface area contributed by atoms with Crippen molar-refractivity contribution >= 4 is 6.09 Å². The third-order valence-electron chi connectivity index (χ3n) is 3.26. The van der Waals surface area contributed by atoms with Gasteiger partial charge in [-0.05, 0) is 12.0 Å². The second-order valence-electron chi connectivity index (χ2n) is 4.50. The van der Waals surface area contributed by atoms with Crippen LogP contribution in [0.1, 0.15) is 18.9 Å². The first kappa shape index (κ1) is 12.9. The first-order chi connectivity index (χ1) is 8.81. The first-order valence-corrected chi connectivity index (χ1v) is 6.49. The molecule has 0 spiro atoms. The number of piperazine rings is 1. The van der Waals surface area contributed by atoms with Gasteiger partial charge in [0, 0.05) is 25.7 Å². The smallest absolute Gasteiger partial charge is 0.410 e. The molecule has 1 N–H and O–H groups in total. The van der Waals surface area contributed by atoms with E-state index in [0.29, 0.717) is 6.61 Å². The van der Waals surface area contributed by atoms with E-state index >= 15 is 0 Å². The van der Waals surface area contributed by atoms with E-state index in [1.165, 1.54) is 0 Å². The second-order valence-corrected chi connectivity index (χ2v) is 4.50. The summed E-state index contributed by atoms with van der Waals surface area (Å²) in [6.45, 7) is 4.87. The van der Waals surface area contributed by atoms with Gasteiger partial charge in [-0.25, -0.2) is 4.79 Å². The Morgan fingerprint density at radius 3 is 2.94 bits per heavy atom. The van der Waals surface area contributed by atoms with Crippen molar-refractivity contribution in [3.8, 4) is 0 Å². The van der Waals surface area contributed by atoms with Crippen molar-refractivity contribution in [1.29, 1.82) is 0 Å². The predicted octanol–water partition coefficient (Wildman–Crippen LogP) is 2.01. The van der Waals surface area contributed by atoms with E-state index < -0.39 is 0 Å². The molecule has 1 aromatic rings. The van der Waals surface area contributed by atoms with Gasteiger partial charge in [-0.2, -0.15) is 0 Å². The highest BCUT2D eigenvalue weighted by atomic mass is 16.6. The molecule has 2 rings (SSSR count). The van der Waals surface area contributed by atoms with Crippen LogP contribution in [-0.4, -0.2) is 36.7 Å². The van der Waals surface area contributed by atoms with E-state index in [1.807, 2.05) is 35.2 Å². The fourth-order valence-electron chi connectivity index (χ4n) is 2.17. The fraction of sp³-hybridized carbons (Fsp3) is 0.500. The van der Waals surface area contributed by atoms with Gasteiger partial charge in [-0.3, -0.25) is 0 Å². The molecule has 1 amide bonds. The molecule has 1 atom stereocenters. The monoisotopic (exact) mass is 248 g/mol. The number of ether oxygens (including phenoxy) is 1. The maximum atomic E-state index is 12.0. The van der Waals surface area contributed by atoms with Gasteiger partial charge in [0.15, 0.2) is 0 Å². The average Bonchev–Trinajstić information content (AvgIpc) is 2.45. The van der Waals surface area contributed by atoms with E-state index in [-0.39, 0.29) is 12.1 Å². The van der Waals surface area contributed by atoms with Gasteiger partial charge in [0.1, 0.15) is 6.61 Å². The molecule has 98 valence electrons. The number of nitrogens with one attached hydrogen (secondary N) is 1. The molecule has 1 heterocycles. The second kappa shape index (κ2) is 6.40. The molecule has 1 fully saturated rings. The van der Waals surface area contributed by atoms with Gasteiger partial charge < -0.3 is 15.0 Å². The Bertz CT molecular complexity index is 381. The highest BCUT2D eigenvalue weighted by molar-refractivity contribution is 5.68. The molecule has 4 nitrogen and oxygen atoms in total. The van der Waals surface area contributed by atoms with Crippen molar-refractivity contribution in [2.75, 3.05) is 19.6 Å². The van der Waals surface area contributed by atoms with Gasteiger partial charge in [0.25, 0.3) is 0 Å². The van der Waals surface area contributed by atoms with Gasteiger partial charge in [0.2, 0.25) is 0 Å². The summed E-state index contributed by atoms with van der Waals surface area (Å²) in [7, 11) is 0. The molecule has 4 heteroatoms. The Labute approximate surface area is 108 Å². The molecule has 1 unspecified atom stereocenters. The van der Waals surface area contributed by atoms with E-state index in [0.717, 1.165) is 31.6 Å². The Morgan fingerprint density at radius 2 is 2.22 bits per heavy atom. The Morgan fingerprint density at radius 1 is 1.44 bits per heavy atom. The van der Waals surface area contributed by atoms with Crippen molar-refractivity contribution in [2.24, 2.45) is 0 Å². The number of hydrogen-bond acceptors (Lipinski definition) is 3. The van der Waals surface area contributed by atoms with Crippen LogP contribution >= 0.6 is 0 Å². The van der Waals surface area contributed by atoms with Crippen molar-refractivity contribution in [3.05, 3.63) is 35.9 Å². The Kier molecular flexibility index (Phi) is 4.59. The third kappa shape index (κ3) is 3.23. The average molecular weight is 248 g/mol. The van der Waals surface area contributed by atoms with Gasteiger partial charge in [-0.15, -0.1) is 0 Å². The Balaban J connectivity index is 1.87. The highest BCUT2D eigenvalue weighted by Gasteiger charge is 2.26. The lowest BCUT2D eigenvalue weighted by molar-refractivity contribution is 0.0713. The number of benzene rings is 1. The lowest BCUT2D eigenvalue weighted by Crippen LogP contribution is -2.53. The summed E-state index contributed by atoms with van der Waals surface area (Å²) in [5.41, 5.74) is 1.02. The summed E-state index contributed by atoms with van der Waals surface area (Å²) < 4.78 is 5.36. The minimum Gasteiger partial charge on any atom is -0.445 e. The highest BCUT2D eigenvalue weighted by Crippen LogP contribution is 2.10. The number of nitrogens with zero attached hydrogens (tertiary/aromatic N) is 1. The quantitative estimate of drug-likeness (QED) is 0.889. The molecular weight excluding hydrogens is 228 g/mol. The van der Waals surface area contributed by atoms with Crippen LogP contribution < -0.4 is 5.32 Å². The number of carbonyl (C=O) groups excluding carboxylic acids is 1. The molecular formula is C14H20N2O2. The molecule has 0 aromatic heterocycles. The van der Waals surface area contributed by atoms with Crippen molar-refractivity contribution in [2.45, 2.75) is 26.0 Å². The van der Waals surface area contributed by atoms with Crippen LogP contribution in [0.15, 0.2) is 30.3 Å². The van der Waals surface area contributed by atoms with Gasteiger partial charge in [0.05, 0.1) is 0 Å². The lowest BCUT2D eigenvalue weighted by atomic mass is 10.1. The summed E-state index contributed by atoms with van der Waals surface area (Å²) in [6.07, 6.45) is 0.750. The van der Waals surface area contributed by atoms with Crippen LogP contribution in [0.25, 0.3) is 0 Å². The fourth-order valence-corrected chi connectivity index (χ4v) is 2.17. The molecule has 0 radical (unpaired) electrons. The largest absolute Gasteiger partial charge is 0.445 e. The van der Waals surface area contributed by atoms with E-state index in [2.05, 4.69) is 12.2 Å². The maximum absolute atomic E-state index is 12.0. The van der Waals surface area contributed by atoms with Crippen molar-refractivity contribution in [3.63, 3.8) is 0 Å². The molecule has 0 saturated carbocycles. The van der Waals surface area contributed by atoms with Crippen LogP contribution in [-0.2, 0) is 11.3 Å². The topological polar surface area (TPSA) is 41.6 Å². The SMILES string of the molecule is CCC1CNCCN1C(=O)OCc1ccccc1. The molecule has 0 aliphatic carbocycles. The van der Waals surface area contributed by atoms with Gasteiger partial charge in [-0.1, -0.05) is 37.3 Å². The first-order valence-electron chi connectivity index (χ1n) is 6.49. The summed E-state index contributed by atoms with van der Waals surface area (Å²) in [5, 5.41) is 3.29. The molecule has 0 bridgehead atoms. The Hall–Kier alpha value is -1.55. The molecule has 1 aliphatic rings. The zero-order chi connectivity index (χ0) is 12.8. The minimum absolute atomic E-state index is 0.202. The molecule has 18 heavy (non-hydrogen) atoms. The molecule has 1 saturated heterocycles. The van der Waals surface area contributed by atoms with Crippen molar-refractivity contribution < 1.29 is 9.53 Å². The number of rotatable bonds is 3. The summed E-state index contributed by atoms with van der Waals surface area (Å²) in [6, 6.07) is 10.0.